The Bertz CT molecular complexity index is 1210. The first kappa shape index (κ1) is 25.5. The van der Waals surface area contributed by atoms with Gasteiger partial charge in [0.1, 0.15) is 10.8 Å². The number of amides is 2. The number of sulfonamides is 1. The predicted octanol–water partition coefficient (Wildman–Crippen LogP) is 2.24. The van der Waals surface area contributed by atoms with Crippen molar-refractivity contribution in [1.82, 2.24) is 20.3 Å². The molecule has 1 aromatic carbocycles. The molecule has 4 rings (SSSR count). The Morgan fingerprint density at radius 3 is 2.80 bits per heavy atom. The second-order valence-corrected chi connectivity index (χ2v) is 12.0. The molecule has 1 aromatic rings. The molecule has 3 N–H and O–H groups in total. The number of benzene rings is 1. The molecule has 0 aromatic heterocycles. The molecular formula is C25H31ClN4O4S. The first-order valence-electron chi connectivity index (χ1n) is 11.7. The number of allylic oxidation sites excluding steroid dienone is 3. The third kappa shape index (κ3) is 4.77. The lowest BCUT2D eigenvalue weighted by atomic mass is 9.73. The van der Waals surface area contributed by atoms with Crippen LogP contribution in [0.1, 0.15) is 32.3 Å². The summed E-state index contributed by atoms with van der Waals surface area (Å²) in [6.07, 6.45) is 10.0. The van der Waals surface area contributed by atoms with Crippen molar-refractivity contribution in [3.8, 4) is 0 Å². The fraction of sp³-hybridized carbons (Fsp3) is 0.440. The molecule has 2 heterocycles. The molecule has 2 aliphatic heterocycles. The highest BCUT2D eigenvalue weighted by Crippen LogP contribution is 2.49. The van der Waals surface area contributed by atoms with Crippen LogP contribution in [0.25, 0.3) is 0 Å². The van der Waals surface area contributed by atoms with Crippen LogP contribution in [-0.4, -0.2) is 55.6 Å². The topological polar surface area (TPSA) is 108 Å². The van der Waals surface area contributed by atoms with Crippen molar-refractivity contribution in [1.29, 1.82) is 0 Å². The third-order valence-electron chi connectivity index (χ3n) is 7.31. The van der Waals surface area contributed by atoms with Crippen LogP contribution in [-0.2, 0) is 26.0 Å². The number of carbonyl (C=O) groups excluding carboxylic acids is 2. The molecule has 0 spiro atoms. The molecule has 8 nitrogen and oxygen atoms in total. The minimum Gasteiger partial charge on any atom is -0.365 e. The number of halogens is 1. The highest BCUT2D eigenvalue weighted by Gasteiger charge is 2.56. The van der Waals surface area contributed by atoms with Gasteiger partial charge in [-0.1, -0.05) is 48.0 Å². The summed E-state index contributed by atoms with van der Waals surface area (Å²) in [6, 6.07) is 6.24. The van der Waals surface area contributed by atoms with Gasteiger partial charge in [-0.3, -0.25) is 9.59 Å². The zero-order chi connectivity index (χ0) is 25.3. The Balaban J connectivity index is 1.63. The van der Waals surface area contributed by atoms with Gasteiger partial charge in [-0.25, -0.2) is 13.1 Å². The highest BCUT2D eigenvalue weighted by molar-refractivity contribution is 7.91. The molecule has 1 saturated heterocycles. The maximum atomic E-state index is 13.9. The third-order valence-corrected chi connectivity index (χ3v) is 9.95. The molecule has 188 valence electrons. The van der Waals surface area contributed by atoms with E-state index < -0.39 is 32.1 Å². The Hall–Kier alpha value is -2.62. The number of aryl methyl sites for hydroxylation is 1. The number of nitrogens with one attached hydrogen (secondary N) is 3. The minimum atomic E-state index is -4.07. The Kier molecular flexibility index (Phi) is 7.13. The smallest absolute Gasteiger partial charge is 0.241 e. The zero-order valence-corrected chi connectivity index (χ0v) is 21.5. The molecule has 3 atom stereocenters. The lowest BCUT2D eigenvalue weighted by molar-refractivity contribution is -0.136. The van der Waals surface area contributed by atoms with Crippen molar-refractivity contribution in [2.45, 2.75) is 43.9 Å². The lowest BCUT2D eigenvalue weighted by Crippen LogP contribution is -2.59. The quantitative estimate of drug-likeness (QED) is 0.513. The summed E-state index contributed by atoms with van der Waals surface area (Å²) in [6.45, 7) is 4.27. The summed E-state index contributed by atoms with van der Waals surface area (Å²) in [5.74, 6) is -0.669. The highest BCUT2D eigenvalue weighted by atomic mass is 35.5. The molecule has 3 unspecified atom stereocenters. The van der Waals surface area contributed by atoms with Gasteiger partial charge in [-0.05, 0) is 57.0 Å². The van der Waals surface area contributed by atoms with Crippen LogP contribution < -0.4 is 15.4 Å². The number of nitrogens with zero attached hydrogens (tertiary/aromatic N) is 1. The summed E-state index contributed by atoms with van der Waals surface area (Å²) >= 11 is 6.32. The van der Waals surface area contributed by atoms with E-state index in [4.69, 9.17) is 11.6 Å². The van der Waals surface area contributed by atoms with E-state index >= 15 is 0 Å². The molecule has 35 heavy (non-hydrogen) atoms. The van der Waals surface area contributed by atoms with Gasteiger partial charge in [0.05, 0.1) is 12.0 Å². The first-order valence-corrected chi connectivity index (χ1v) is 13.6. The van der Waals surface area contributed by atoms with Crippen molar-refractivity contribution in [3.05, 3.63) is 71.1 Å². The fourth-order valence-electron chi connectivity index (χ4n) is 4.82. The van der Waals surface area contributed by atoms with E-state index in [1.165, 1.54) is 4.90 Å². The Labute approximate surface area is 211 Å². The Morgan fingerprint density at radius 1 is 1.26 bits per heavy atom. The van der Waals surface area contributed by atoms with Gasteiger partial charge >= 0.3 is 0 Å². The van der Waals surface area contributed by atoms with Crippen LogP contribution in [0, 0.1) is 5.41 Å². The van der Waals surface area contributed by atoms with Crippen LogP contribution in [0.2, 0.25) is 5.02 Å². The molecule has 0 bridgehead atoms. The average molecular weight is 519 g/mol. The van der Waals surface area contributed by atoms with Gasteiger partial charge in [0.2, 0.25) is 21.8 Å². The van der Waals surface area contributed by atoms with Gasteiger partial charge < -0.3 is 15.5 Å². The van der Waals surface area contributed by atoms with Crippen molar-refractivity contribution >= 4 is 33.4 Å². The molecule has 10 heteroatoms. The number of hydrogen-bond acceptors (Lipinski definition) is 5. The Morgan fingerprint density at radius 2 is 2.03 bits per heavy atom. The molecule has 3 aliphatic rings. The van der Waals surface area contributed by atoms with Crippen LogP contribution in [0.5, 0.6) is 0 Å². The van der Waals surface area contributed by atoms with E-state index in [0.29, 0.717) is 31.0 Å². The van der Waals surface area contributed by atoms with Gasteiger partial charge in [0, 0.05) is 23.8 Å². The standard InChI is InChI=1S/C25H31ClN4O4S/c1-24-13-15-27-21(24)9-5-12-25(24,2)35(33,34)29-20(11-10-18-7-3-4-8-19(18)26)23(32)30-16-6-14-28-22(31)17-30/h3-5,7-9,12-13,15,20,27,29H,6,10-11,14,16-17H2,1-2H3,(H,28,31). The lowest BCUT2D eigenvalue weighted by Gasteiger charge is -2.43. The average Bonchev–Trinajstić information content (AvgIpc) is 3.08. The number of hydrogen-bond donors (Lipinski definition) is 3. The van der Waals surface area contributed by atoms with Crippen LogP contribution in [0.4, 0.5) is 0 Å². The van der Waals surface area contributed by atoms with Crippen molar-refractivity contribution in [2.24, 2.45) is 5.41 Å². The summed E-state index contributed by atoms with van der Waals surface area (Å²) in [7, 11) is -4.07. The van der Waals surface area contributed by atoms with E-state index in [0.717, 1.165) is 11.3 Å². The maximum Gasteiger partial charge on any atom is 0.241 e. The second kappa shape index (κ2) is 9.79. The van der Waals surface area contributed by atoms with Gasteiger partial charge in [-0.2, -0.15) is 0 Å². The summed E-state index contributed by atoms with van der Waals surface area (Å²) < 4.78 is 29.3. The molecule has 0 radical (unpaired) electrons. The van der Waals surface area contributed by atoms with Crippen molar-refractivity contribution < 1.29 is 18.0 Å². The molecule has 1 fully saturated rings. The second-order valence-electron chi connectivity index (χ2n) is 9.49. The van der Waals surface area contributed by atoms with Crippen molar-refractivity contribution in [3.63, 3.8) is 0 Å². The van der Waals surface area contributed by atoms with Crippen LogP contribution in [0.15, 0.2) is 60.5 Å². The maximum absolute atomic E-state index is 13.9. The van der Waals surface area contributed by atoms with Crippen molar-refractivity contribution in [2.75, 3.05) is 19.6 Å². The van der Waals surface area contributed by atoms with Gasteiger partial charge in [0.25, 0.3) is 0 Å². The monoisotopic (exact) mass is 518 g/mol. The zero-order valence-electron chi connectivity index (χ0n) is 19.9. The SMILES string of the molecule is CC12C=CNC1=CC=CC2(C)S(=O)(=O)NC(CCc1ccccc1Cl)C(=O)N1CCCNC(=O)C1. The van der Waals surface area contributed by atoms with E-state index in [2.05, 4.69) is 15.4 Å². The number of carbonyl (C=O) groups is 2. The molecule has 0 saturated carbocycles. The molecule has 1 aliphatic carbocycles. The van der Waals surface area contributed by atoms with Gasteiger partial charge in [-0.15, -0.1) is 0 Å². The van der Waals surface area contributed by atoms with Crippen LogP contribution in [0.3, 0.4) is 0 Å². The molecular weight excluding hydrogens is 488 g/mol. The number of rotatable bonds is 7. The first-order chi connectivity index (χ1) is 16.6. The fourth-order valence-corrected chi connectivity index (χ4v) is 6.88. The van der Waals surface area contributed by atoms with Crippen LogP contribution >= 0.6 is 11.6 Å². The van der Waals surface area contributed by atoms with E-state index in [1.54, 1.807) is 31.3 Å². The normalized spacial score (nSPS) is 26.9. The summed E-state index contributed by atoms with van der Waals surface area (Å²) in [5, 5.41) is 6.43. The van der Waals surface area contributed by atoms with E-state index in [9.17, 15) is 18.0 Å². The number of fused-ring (bicyclic) bond motifs is 1. The van der Waals surface area contributed by atoms with Gasteiger partial charge in [0.15, 0.2) is 0 Å². The predicted molar refractivity (Wildman–Crippen MR) is 136 cm³/mol. The molecule has 2 amide bonds. The summed E-state index contributed by atoms with van der Waals surface area (Å²) in [5.41, 5.74) is 0.770. The largest absolute Gasteiger partial charge is 0.365 e. The summed E-state index contributed by atoms with van der Waals surface area (Å²) in [4.78, 5) is 27.1. The minimum absolute atomic E-state index is 0.0996. The van der Waals surface area contributed by atoms with E-state index in [-0.39, 0.29) is 18.9 Å². The van der Waals surface area contributed by atoms with E-state index in [1.807, 2.05) is 37.3 Å².